The average molecular weight is 372 g/mol. The van der Waals surface area contributed by atoms with Gasteiger partial charge in [-0.3, -0.25) is 4.98 Å². The molecule has 0 amide bonds. The largest absolute Gasteiger partial charge is 0.368 e. The van der Waals surface area contributed by atoms with Gasteiger partial charge in [-0.15, -0.1) is 0 Å². The Hall–Kier alpha value is -2.29. The predicted octanol–water partition coefficient (Wildman–Crippen LogP) is 2.37. The summed E-state index contributed by atoms with van der Waals surface area (Å²) in [5, 5.41) is 1.59. The lowest BCUT2D eigenvalue weighted by molar-refractivity contribution is 0.469. The summed E-state index contributed by atoms with van der Waals surface area (Å²) in [5.41, 5.74) is 2.35. The van der Waals surface area contributed by atoms with Crippen LogP contribution in [0.2, 0.25) is 0 Å². The summed E-state index contributed by atoms with van der Waals surface area (Å²) in [6, 6.07) is 13.1. The minimum atomic E-state index is -3.60. The fraction of sp³-hybridized carbons (Fsp3) is 0.176. The van der Waals surface area contributed by atoms with Gasteiger partial charge in [-0.25, -0.2) is 13.1 Å². The molecule has 1 aromatic carbocycles. The van der Waals surface area contributed by atoms with Crippen molar-refractivity contribution in [3.63, 3.8) is 0 Å². The summed E-state index contributed by atoms with van der Waals surface area (Å²) in [5.74, 6) is 0. The maximum Gasteiger partial charge on any atom is 0.244 e. The fourth-order valence-corrected chi connectivity index (χ4v) is 5.21. The van der Waals surface area contributed by atoms with Crippen molar-refractivity contribution in [2.24, 2.45) is 0 Å². The maximum absolute atomic E-state index is 12.8. The number of nitrogens with one attached hydrogen (secondary N) is 1. The van der Waals surface area contributed by atoms with Crippen molar-refractivity contribution < 1.29 is 8.42 Å². The number of anilines is 1. The zero-order chi connectivity index (χ0) is 17.3. The van der Waals surface area contributed by atoms with Crippen LogP contribution in [0.5, 0.6) is 0 Å². The van der Waals surface area contributed by atoms with Crippen LogP contribution in [0, 0.1) is 0 Å². The Balaban J connectivity index is 1.48. The molecule has 0 aliphatic carbocycles. The molecule has 0 spiro atoms. The lowest BCUT2D eigenvalue weighted by Gasteiger charge is -2.40. The minimum Gasteiger partial charge on any atom is -0.368 e. The molecule has 0 bridgehead atoms. The predicted molar refractivity (Wildman–Crippen MR) is 98.1 cm³/mol. The molecule has 0 unspecified atom stereocenters. The number of pyridine rings is 1. The Labute approximate surface area is 150 Å². The molecule has 0 radical (unpaired) electrons. The van der Waals surface area contributed by atoms with Gasteiger partial charge in [0, 0.05) is 42.1 Å². The molecule has 8 heteroatoms. The Bertz CT molecular complexity index is 953. The van der Waals surface area contributed by atoms with Gasteiger partial charge in [-0.2, -0.15) is 4.37 Å². The van der Waals surface area contributed by atoms with Gasteiger partial charge in [0.05, 0.1) is 6.04 Å². The first-order valence-electron chi connectivity index (χ1n) is 7.80. The second-order valence-corrected chi connectivity index (χ2v) is 8.13. The molecule has 3 heterocycles. The Morgan fingerprint density at radius 2 is 1.80 bits per heavy atom. The number of rotatable bonds is 5. The van der Waals surface area contributed by atoms with E-state index in [2.05, 4.69) is 19.0 Å². The van der Waals surface area contributed by atoms with Crippen LogP contribution in [-0.4, -0.2) is 36.9 Å². The molecule has 1 aliphatic heterocycles. The molecule has 128 valence electrons. The summed E-state index contributed by atoms with van der Waals surface area (Å²) in [6.07, 6.45) is 3.46. The van der Waals surface area contributed by atoms with Crippen LogP contribution in [-0.2, 0) is 10.0 Å². The van der Waals surface area contributed by atoms with Gasteiger partial charge in [-0.1, -0.05) is 30.3 Å². The van der Waals surface area contributed by atoms with E-state index in [4.69, 9.17) is 0 Å². The molecule has 1 aliphatic rings. The topological polar surface area (TPSA) is 75.2 Å². The van der Waals surface area contributed by atoms with Crippen LogP contribution in [0.15, 0.2) is 65.1 Å². The third kappa shape index (κ3) is 3.28. The van der Waals surface area contributed by atoms with Gasteiger partial charge < -0.3 is 4.90 Å². The van der Waals surface area contributed by atoms with E-state index in [1.807, 2.05) is 42.5 Å². The maximum atomic E-state index is 12.8. The molecule has 1 fully saturated rings. The molecule has 0 atom stereocenters. The first-order chi connectivity index (χ1) is 12.1. The summed E-state index contributed by atoms with van der Waals surface area (Å²) in [7, 11) is -3.60. The van der Waals surface area contributed by atoms with Crippen molar-refractivity contribution in [1.82, 2.24) is 14.1 Å². The van der Waals surface area contributed by atoms with Crippen LogP contribution < -0.4 is 9.62 Å². The number of sulfonamides is 1. The van der Waals surface area contributed by atoms with Gasteiger partial charge >= 0.3 is 0 Å². The third-order valence-corrected chi connectivity index (χ3v) is 6.42. The van der Waals surface area contributed by atoms with Crippen molar-refractivity contribution in [2.75, 3.05) is 18.0 Å². The Morgan fingerprint density at radius 3 is 2.52 bits per heavy atom. The van der Waals surface area contributed by atoms with E-state index >= 15 is 0 Å². The van der Waals surface area contributed by atoms with E-state index in [9.17, 15) is 8.42 Å². The SMILES string of the molecule is O=S(=O)(NC1CN(c2ccncc2)C1)c1csnc1-c1ccccc1. The number of hydrogen-bond donors (Lipinski definition) is 1. The first kappa shape index (κ1) is 16.2. The molecule has 25 heavy (non-hydrogen) atoms. The zero-order valence-electron chi connectivity index (χ0n) is 13.2. The minimum absolute atomic E-state index is 0.110. The van der Waals surface area contributed by atoms with Crippen molar-refractivity contribution >= 4 is 27.2 Å². The average Bonchev–Trinajstić information content (AvgIpc) is 3.10. The molecule has 1 saturated heterocycles. The van der Waals surface area contributed by atoms with Crippen LogP contribution in [0.4, 0.5) is 5.69 Å². The molecule has 2 aromatic heterocycles. The van der Waals surface area contributed by atoms with E-state index in [0.717, 1.165) is 22.8 Å². The molecule has 1 N–H and O–H groups in total. The number of hydrogen-bond acceptors (Lipinski definition) is 6. The van der Waals surface area contributed by atoms with Gasteiger partial charge in [-0.05, 0) is 23.7 Å². The van der Waals surface area contributed by atoms with Gasteiger partial charge in [0.1, 0.15) is 10.6 Å². The fourth-order valence-electron chi connectivity index (χ4n) is 2.81. The highest BCUT2D eigenvalue weighted by Gasteiger charge is 2.32. The van der Waals surface area contributed by atoms with E-state index in [-0.39, 0.29) is 10.9 Å². The normalized spacial score (nSPS) is 15.1. The Kier molecular flexibility index (Phi) is 4.24. The molecule has 6 nitrogen and oxygen atoms in total. The highest BCUT2D eigenvalue weighted by atomic mass is 32.2. The quantitative estimate of drug-likeness (QED) is 0.744. The van der Waals surface area contributed by atoms with Gasteiger partial charge in [0.15, 0.2) is 0 Å². The monoisotopic (exact) mass is 372 g/mol. The van der Waals surface area contributed by atoms with E-state index < -0.39 is 10.0 Å². The summed E-state index contributed by atoms with van der Waals surface area (Å²) in [4.78, 5) is 6.34. The molecule has 0 saturated carbocycles. The third-order valence-electron chi connectivity index (χ3n) is 4.11. The van der Waals surface area contributed by atoms with E-state index in [1.165, 1.54) is 0 Å². The zero-order valence-corrected chi connectivity index (χ0v) is 14.9. The summed E-state index contributed by atoms with van der Waals surface area (Å²) in [6.45, 7) is 1.28. The van der Waals surface area contributed by atoms with Crippen LogP contribution in [0.1, 0.15) is 0 Å². The van der Waals surface area contributed by atoms with Crippen molar-refractivity contribution in [3.05, 3.63) is 60.2 Å². The highest BCUT2D eigenvalue weighted by Crippen LogP contribution is 2.28. The summed E-state index contributed by atoms with van der Waals surface area (Å²) >= 11 is 1.15. The van der Waals surface area contributed by atoms with Crippen molar-refractivity contribution in [1.29, 1.82) is 0 Å². The lowest BCUT2D eigenvalue weighted by Crippen LogP contribution is -2.59. The van der Waals surface area contributed by atoms with E-state index in [0.29, 0.717) is 18.8 Å². The molecular weight excluding hydrogens is 356 g/mol. The Morgan fingerprint density at radius 1 is 1.08 bits per heavy atom. The number of benzene rings is 1. The van der Waals surface area contributed by atoms with Crippen molar-refractivity contribution in [3.8, 4) is 11.3 Å². The van der Waals surface area contributed by atoms with Crippen LogP contribution in [0.3, 0.4) is 0 Å². The standard InChI is InChI=1S/C17H16N4O2S2/c22-25(23,16-12-24-19-17(16)13-4-2-1-3-5-13)20-14-10-21(11-14)15-6-8-18-9-7-15/h1-9,12,14,20H,10-11H2. The summed E-state index contributed by atoms with van der Waals surface area (Å²) < 4.78 is 32.6. The number of aromatic nitrogens is 2. The van der Waals surface area contributed by atoms with Crippen molar-refractivity contribution in [2.45, 2.75) is 10.9 Å². The van der Waals surface area contributed by atoms with Crippen LogP contribution >= 0.6 is 11.5 Å². The first-order valence-corrected chi connectivity index (χ1v) is 10.1. The van der Waals surface area contributed by atoms with Crippen LogP contribution in [0.25, 0.3) is 11.3 Å². The van der Waals surface area contributed by atoms with Gasteiger partial charge in [0.2, 0.25) is 10.0 Å². The highest BCUT2D eigenvalue weighted by molar-refractivity contribution is 7.89. The molecular formula is C17H16N4O2S2. The smallest absolute Gasteiger partial charge is 0.244 e. The number of nitrogens with zero attached hydrogens (tertiary/aromatic N) is 3. The second-order valence-electron chi connectivity index (χ2n) is 5.82. The van der Waals surface area contributed by atoms with Gasteiger partial charge in [0.25, 0.3) is 0 Å². The molecule has 3 aromatic rings. The second kappa shape index (κ2) is 6.55. The molecule has 4 rings (SSSR count). The lowest BCUT2D eigenvalue weighted by atomic mass is 10.1. The van der Waals surface area contributed by atoms with E-state index in [1.54, 1.807) is 17.8 Å².